The Hall–Kier alpha value is -1.54. The Morgan fingerprint density at radius 2 is 2.24 bits per heavy atom. The van der Waals surface area contributed by atoms with Crippen molar-refractivity contribution in [2.24, 2.45) is 0 Å². The molecule has 3 N–H and O–H groups in total. The molecule has 21 heavy (non-hydrogen) atoms. The first kappa shape index (κ1) is 15.8. The van der Waals surface area contributed by atoms with Gasteiger partial charge in [-0.15, -0.1) is 21.5 Å². The zero-order valence-electron chi connectivity index (χ0n) is 12.1. The maximum Gasteiger partial charge on any atom is 0.230 e. The summed E-state index contributed by atoms with van der Waals surface area (Å²) >= 11 is 2.84. The van der Waals surface area contributed by atoms with Crippen molar-refractivity contribution in [3.63, 3.8) is 0 Å². The average molecular weight is 325 g/mol. The SMILES string of the molecule is CCC(CC)NC(=O)CSc1nnc(-c2cccs2)n1N. The summed E-state index contributed by atoms with van der Waals surface area (Å²) in [7, 11) is 0. The number of nitrogens with two attached hydrogens (primary N) is 1. The van der Waals surface area contributed by atoms with Crippen LogP contribution in [0.15, 0.2) is 22.7 Å². The molecule has 0 bridgehead atoms. The second kappa shape index (κ2) is 7.46. The van der Waals surface area contributed by atoms with Crippen molar-refractivity contribution in [2.75, 3.05) is 11.6 Å². The summed E-state index contributed by atoms with van der Waals surface area (Å²) in [6.07, 6.45) is 1.87. The smallest absolute Gasteiger partial charge is 0.230 e. The van der Waals surface area contributed by atoms with Crippen LogP contribution in [0.2, 0.25) is 0 Å². The molecule has 0 aliphatic carbocycles. The molecular formula is C13H19N5OS2. The van der Waals surface area contributed by atoms with Crippen LogP contribution in [0.1, 0.15) is 26.7 Å². The van der Waals surface area contributed by atoms with Crippen LogP contribution in [0.5, 0.6) is 0 Å². The van der Waals surface area contributed by atoms with E-state index >= 15 is 0 Å². The van der Waals surface area contributed by atoms with Gasteiger partial charge in [0.15, 0.2) is 5.82 Å². The predicted molar refractivity (Wildman–Crippen MR) is 86.7 cm³/mol. The first-order valence-electron chi connectivity index (χ1n) is 6.82. The second-order valence-electron chi connectivity index (χ2n) is 4.52. The van der Waals surface area contributed by atoms with Gasteiger partial charge in [-0.1, -0.05) is 31.7 Å². The molecule has 0 radical (unpaired) electrons. The van der Waals surface area contributed by atoms with Crippen LogP contribution in [0.4, 0.5) is 0 Å². The van der Waals surface area contributed by atoms with E-state index in [2.05, 4.69) is 29.4 Å². The van der Waals surface area contributed by atoms with Crippen LogP contribution in [0.25, 0.3) is 10.7 Å². The van der Waals surface area contributed by atoms with E-state index in [0.29, 0.717) is 11.0 Å². The first-order chi connectivity index (χ1) is 10.2. The Morgan fingerprint density at radius 1 is 1.48 bits per heavy atom. The van der Waals surface area contributed by atoms with Crippen LogP contribution >= 0.6 is 23.1 Å². The van der Waals surface area contributed by atoms with E-state index in [9.17, 15) is 4.79 Å². The van der Waals surface area contributed by atoms with E-state index < -0.39 is 0 Å². The van der Waals surface area contributed by atoms with E-state index in [-0.39, 0.29) is 17.7 Å². The van der Waals surface area contributed by atoms with Crippen molar-refractivity contribution in [3.05, 3.63) is 17.5 Å². The number of amides is 1. The number of hydrogen-bond donors (Lipinski definition) is 2. The highest BCUT2D eigenvalue weighted by Crippen LogP contribution is 2.24. The highest BCUT2D eigenvalue weighted by Gasteiger charge is 2.15. The Morgan fingerprint density at radius 3 is 2.86 bits per heavy atom. The van der Waals surface area contributed by atoms with E-state index in [0.717, 1.165) is 17.7 Å². The molecular weight excluding hydrogens is 306 g/mol. The monoisotopic (exact) mass is 325 g/mol. The minimum atomic E-state index is -0.00521. The van der Waals surface area contributed by atoms with E-state index in [1.54, 1.807) is 11.3 Å². The van der Waals surface area contributed by atoms with Gasteiger partial charge in [-0.05, 0) is 24.3 Å². The van der Waals surface area contributed by atoms with Crippen LogP contribution in [0.3, 0.4) is 0 Å². The van der Waals surface area contributed by atoms with Gasteiger partial charge in [0.1, 0.15) is 0 Å². The zero-order chi connectivity index (χ0) is 15.2. The molecule has 6 nitrogen and oxygen atoms in total. The molecule has 8 heteroatoms. The van der Waals surface area contributed by atoms with Gasteiger partial charge in [0, 0.05) is 6.04 Å². The number of thiophene rings is 1. The molecule has 2 aromatic rings. The van der Waals surface area contributed by atoms with Gasteiger partial charge < -0.3 is 11.2 Å². The van der Waals surface area contributed by atoms with Crippen molar-refractivity contribution in [1.82, 2.24) is 20.2 Å². The van der Waals surface area contributed by atoms with E-state index in [1.165, 1.54) is 16.4 Å². The van der Waals surface area contributed by atoms with Crippen molar-refractivity contribution in [1.29, 1.82) is 0 Å². The normalized spacial score (nSPS) is 11.0. The average Bonchev–Trinajstić information content (AvgIpc) is 3.12. The van der Waals surface area contributed by atoms with Crippen molar-refractivity contribution >= 4 is 29.0 Å². The number of carbonyl (C=O) groups excluding carboxylic acids is 1. The lowest BCUT2D eigenvalue weighted by Gasteiger charge is -2.14. The number of aromatic nitrogens is 3. The van der Waals surface area contributed by atoms with Crippen LogP contribution in [-0.2, 0) is 4.79 Å². The number of thioether (sulfide) groups is 1. The second-order valence-corrected chi connectivity index (χ2v) is 6.41. The zero-order valence-corrected chi connectivity index (χ0v) is 13.7. The lowest BCUT2D eigenvalue weighted by molar-refractivity contribution is -0.119. The first-order valence-corrected chi connectivity index (χ1v) is 8.68. The minimum Gasteiger partial charge on any atom is -0.353 e. The number of nitrogens with one attached hydrogen (secondary N) is 1. The van der Waals surface area contributed by atoms with Crippen molar-refractivity contribution in [3.8, 4) is 10.7 Å². The number of carbonyl (C=O) groups is 1. The molecule has 0 aliphatic rings. The molecule has 0 unspecified atom stereocenters. The number of hydrogen-bond acceptors (Lipinski definition) is 6. The third-order valence-corrected chi connectivity index (χ3v) is 4.90. The molecule has 2 rings (SSSR count). The minimum absolute atomic E-state index is 0.00521. The number of nitrogen functional groups attached to an aromatic ring is 1. The van der Waals surface area contributed by atoms with Crippen molar-refractivity contribution in [2.45, 2.75) is 37.9 Å². The number of nitrogens with zero attached hydrogens (tertiary/aromatic N) is 3. The summed E-state index contributed by atoms with van der Waals surface area (Å²) in [6.45, 7) is 4.12. The summed E-state index contributed by atoms with van der Waals surface area (Å²) in [5.41, 5.74) is 0. The largest absolute Gasteiger partial charge is 0.353 e. The summed E-state index contributed by atoms with van der Waals surface area (Å²) in [6, 6.07) is 4.10. The third-order valence-electron chi connectivity index (χ3n) is 3.09. The Kier molecular flexibility index (Phi) is 5.63. The fourth-order valence-electron chi connectivity index (χ4n) is 1.84. The van der Waals surface area contributed by atoms with Gasteiger partial charge >= 0.3 is 0 Å². The molecule has 1 amide bonds. The molecule has 2 aromatic heterocycles. The molecule has 0 saturated heterocycles. The van der Waals surface area contributed by atoms with Gasteiger partial charge in [0.25, 0.3) is 0 Å². The Labute approximate surface area is 132 Å². The molecule has 0 saturated carbocycles. The lowest BCUT2D eigenvalue weighted by Crippen LogP contribution is -2.35. The molecule has 2 heterocycles. The van der Waals surface area contributed by atoms with Crippen LogP contribution < -0.4 is 11.2 Å². The van der Waals surface area contributed by atoms with E-state index in [4.69, 9.17) is 5.84 Å². The number of rotatable bonds is 7. The highest BCUT2D eigenvalue weighted by molar-refractivity contribution is 7.99. The van der Waals surface area contributed by atoms with E-state index in [1.807, 2.05) is 17.5 Å². The topological polar surface area (TPSA) is 85.8 Å². The molecule has 0 aliphatic heterocycles. The van der Waals surface area contributed by atoms with Gasteiger partial charge in [0.05, 0.1) is 10.6 Å². The molecule has 0 aromatic carbocycles. The summed E-state index contributed by atoms with van der Waals surface area (Å²) in [5, 5.41) is 13.6. The standard InChI is InChI=1S/C13H19N5OS2/c1-3-9(4-2)15-11(19)8-21-13-17-16-12(18(13)14)10-6-5-7-20-10/h5-7,9H,3-4,8,14H2,1-2H3,(H,15,19). The predicted octanol–water partition coefficient (Wildman–Crippen LogP) is 2.12. The molecule has 0 atom stereocenters. The molecule has 0 spiro atoms. The lowest BCUT2D eigenvalue weighted by atomic mass is 10.2. The van der Waals surface area contributed by atoms with Crippen molar-refractivity contribution < 1.29 is 4.79 Å². The summed E-state index contributed by atoms with van der Waals surface area (Å²) < 4.78 is 1.43. The van der Waals surface area contributed by atoms with Gasteiger partial charge in [0.2, 0.25) is 11.1 Å². The molecule has 0 fully saturated rings. The Balaban J connectivity index is 1.94. The third kappa shape index (κ3) is 3.98. The van der Waals surface area contributed by atoms with Gasteiger partial charge in [-0.25, -0.2) is 4.68 Å². The highest BCUT2D eigenvalue weighted by atomic mass is 32.2. The maximum absolute atomic E-state index is 11.9. The fourth-order valence-corrected chi connectivity index (χ4v) is 3.21. The quantitative estimate of drug-likeness (QED) is 0.601. The van der Waals surface area contributed by atoms with Gasteiger partial charge in [-0.2, -0.15) is 0 Å². The fraction of sp³-hybridized carbons (Fsp3) is 0.462. The molecule has 114 valence electrons. The summed E-state index contributed by atoms with van der Waals surface area (Å²) in [5.74, 6) is 6.88. The van der Waals surface area contributed by atoms with Crippen LogP contribution in [-0.4, -0.2) is 32.6 Å². The van der Waals surface area contributed by atoms with Gasteiger partial charge in [-0.3, -0.25) is 4.79 Å². The maximum atomic E-state index is 11.9. The Bertz CT molecular complexity index is 577. The summed E-state index contributed by atoms with van der Waals surface area (Å²) in [4.78, 5) is 12.8. The van der Waals surface area contributed by atoms with Crippen LogP contribution in [0, 0.1) is 0 Å².